The molecule has 2 unspecified atom stereocenters. The molecular weight excluding hydrogens is 128 g/mol. The van der Waals surface area contributed by atoms with Crippen molar-refractivity contribution in [2.45, 2.75) is 24.0 Å². The lowest BCUT2D eigenvalue weighted by atomic mass is 9.88. The van der Waals surface area contributed by atoms with Crippen LogP contribution in [0.5, 0.6) is 0 Å². The Kier molecular flexibility index (Phi) is 0.677. The molecule has 0 N–H and O–H groups in total. The molecule has 9 heavy (non-hydrogen) atoms. The summed E-state index contributed by atoms with van der Waals surface area (Å²) < 4.78 is 0.887. The van der Waals surface area contributed by atoms with Crippen LogP contribution in [-0.2, 0) is 0 Å². The van der Waals surface area contributed by atoms with Crippen LogP contribution in [0.2, 0.25) is 0 Å². The van der Waals surface area contributed by atoms with Crippen LogP contribution in [0.4, 0.5) is 0 Å². The lowest BCUT2D eigenvalue weighted by Gasteiger charge is -2.23. The maximum Gasteiger partial charge on any atom is 0.0254 e. The molecule has 0 aromatic heterocycles. The van der Waals surface area contributed by atoms with Gasteiger partial charge >= 0.3 is 0 Å². The summed E-state index contributed by atoms with van der Waals surface area (Å²) in [6, 6.07) is 0. The van der Waals surface area contributed by atoms with E-state index in [2.05, 4.69) is 18.0 Å². The zero-order chi connectivity index (χ0) is 6.06. The molecule has 0 nitrogen and oxygen atoms in total. The highest BCUT2D eigenvalue weighted by Gasteiger charge is 2.86. The molecule has 50 valence electrons. The molecule has 0 amide bonds. The van der Waals surface area contributed by atoms with Gasteiger partial charge in [-0.2, -0.15) is 11.8 Å². The summed E-state index contributed by atoms with van der Waals surface area (Å²) in [5.74, 6) is 3.58. The molecule has 3 fully saturated rings. The zero-order valence-corrected chi connectivity index (χ0v) is 6.58. The number of fused-ring (bicyclic) bond motifs is 2. The smallest absolute Gasteiger partial charge is 0.0254 e. The van der Waals surface area contributed by atoms with Gasteiger partial charge in [0.15, 0.2) is 0 Å². The SMILES string of the molecule is CSC12C3CCCC1C32. The van der Waals surface area contributed by atoms with Crippen LogP contribution in [0.25, 0.3) is 0 Å². The van der Waals surface area contributed by atoms with Crippen LogP contribution in [0.15, 0.2) is 0 Å². The van der Waals surface area contributed by atoms with Crippen molar-refractivity contribution in [3.8, 4) is 0 Å². The molecule has 1 heteroatoms. The molecule has 0 heterocycles. The van der Waals surface area contributed by atoms with Crippen molar-refractivity contribution in [3.63, 3.8) is 0 Å². The van der Waals surface area contributed by atoms with Gasteiger partial charge in [0.1, 0.15) is 0 Å². The maximum absolute atomic E-state index is 2.30. The van der Waals surface area contributed by atoms with Gasteiger partial charge in [0.25, 0.3) is 0 Å². The standard InChI is InChI=1S/C8H12S/c1-9-8-5-3-2-4-6(8)7(5)8/h5-7H,2-4H2,1H3. The zero-order valence-electron chi connectivity index (χ0n) is 5.76. The normalized spacial score (nSPS) is 67.0. The second-order valence-electron chi connectivity index (χ2n) is 3.73. The van der Waals surface area contributed by atoms with E-state index in [0.29, 0.717) is 0 Å². The van der Waals surface area contributed by atoms with Gasteiger partial charge in [-0.25, -0.2) is 0 Å². The lowest BCUT2D eigenvalue weighted by Crippen LogP contribution is -2.16. The summed E-state index contributed by atoms with van der Waals surface area (Å²) in [5.41, 5.74) is 0. The van der Waals surface area contributed by atoms with E-state index in [1.807, 2.05) is 0 Å². The van der Waals surface area contributed by atoms with Crippen LogP contribution in [-0.4, -0.2) is 11.0 Å². The highest BCUT2D eigenvalue weighted by Crippen LogP contribution is 2.87. The average Bonchev–Trinajstić information content (AvgIpc) is 2.76. The average molecular weight is 140 g/mol. The van der Waals surface area contributed by atoms with Crippen LogP contribution in [0, 0.1) is 17.8 Å². The molecule has 0 radical (unpaired) electrons. The van der Waals surface area contributed by atoms with Gasteiger partial charge in [-0.3, -0.25) is 0 Å². The minimum atomic E-state index is 0.887. The summed E-state index contributed by atoms with van der Waals surface area (Å²) in [5, 5.41) is 0. The monoisotopic (exact) mass is 140 g/mol. The third kappa shape index (κ3) is 0.343. The molecular formula is C8H12S. The fourth-order valence-electron chi connectivity index (χ4n) is 3.21. The molecule has 3 aliphatic carbocycles. The van der Waals surface area contributed by atoms with Crippen LogP contribution in [0.3, 0.4) is 0 Å². The topological polar surface area (TPSA) is 0 Å². The summed E-state index contributed by atoms with van der Waals surface area (Å²) >= 11 is 2.16. The van der Waals surface area contributed by atoms with E-state index >= 15 is 0 Å². The van der Waals surface area contributed by atoms with E-state index in [4.69, 9.17) is 0 Å². The number of hydrogen-bond donors (Lipinski definition) is 0. The van der Waals surface area contributed by atoms with Crippen molar-refractivity contribution >= 4 is 11.8 Å². The molecule has 0 aromatic rings. The largest absolute Gasteiger partial charge is 0.158 e. The summed E-state index contributed by atoms with van der Waals surface area (Å²) in [7, 11) is 0. The fourth-order valence-corrected chi connectivity index (χ4v) is 4.81. The first-order chi connectivity index (χ1) is 4.41. The third-order valence-electron chi connectivity index (χ3n) is 3.71. The van der Waals surface area contributed by atoms with Crippen molar-refractivity contribution in [1.29, 1.82) is 0 Å². The van der Waals surface area contributed by atoms with Crippen molar-refractivity contribution in [2.75, 3.05) is 6.26 Å². The van der Waals surface area contributed by atoms with Gasteiger partial charge in [-0.1, -0.05) is 6.42 Å². The summed E-state index contributed by atoms with van der Waals surface area (Å²) in [4.78, 5) is 0. The molecule has 3 aliphatic rings. The molecule has 3 saturated carbocycles. The van der Waals surface area contributed by atoms with Gasteiger partial charge in [0, 0.05) is 4.75 Å². The van der Waals surface area contributed by atoms with Gasteiger partial charge in [0.2, 0.25) is 0 Å². The number of rotatable bonds is 1. The van der Waals surface area contributed by atoms with Crippen molar-refractivity contribution in [3.05, 3.63) is 0 Å². The van der Waals surface area contributed by atoms with Gasteiger partial charge in [-0.15, -0.1) is 0 Å². The van der Waals surface area contributed by atoms with Gasteiger partial charge in [0.05, 0.1) is 0 Å². The van der Waals surface area contributed by atoms with Crippen LogP contribution >= 0.6 is 11.8 Å². The maximum atomic E-state index is 2.30. The van der Waals surface area contributed by atoms with Gasteiger partial charge < -0.3 is 0 Å². The molecule has 0 aliphatic heterocycles. The van der Waals surface area contributed by atoms with E-state index in [-0.39, 0.29) is 0 Å². The summed E-state index contributed by atoms with van der Waals surface area (Å²) in [6.45, 7) is 0. The van der Waals surface area contributed by atoms with E-state index in [9.17, 15) is 0 Å². The molecule has 2 atom stereocenters. The Hall–Kier alpha value is 0.350. The molecule has 0 spiro atoms. The Balaban J connectivity index is 1.88. The second-order valence-corrected chi connectivity index (χ2v) is 4.84. The van der Waals surface area contributed by atoms with Crippen molar-refractivity contribution in [1.82, 2.24) is 0 Å². The van der Waals surface area contributed by atoms with Crippen molar-refractivity contribution in [2.24, 2.45) is 17.8 Å². The summed E-state index contributed by atoms with van der Waals surface area (Å²) in [6.07, 6.45) is 6.95. The third-order valence-corrected chi connectivity index (χ3v) is 5.30. The lowest BCUT2D eigenvalue weighted by molar-refractivity contribution is 0.350. The van der Waals surface area contributed by atoms with E-state index in [1.54, 1.807) is 12.8 Å². The fraction of sp³-hybridized carbons (Fsp3) is 1.00. The molecule has 0 aromatic carbocycles. The molecule has 3 rings (SSSR count). The van der Waals surface area contributed by atoms with Crippen LogP contribution < -0.4 is 0 Å². The number of hydrogen-bond acceptors (Lipinski definition) is 1. The number of thioether (sulfide) groups is 1. The minimum Gasteiger partial charge on any atom is -0.158 e. The predicted octanol–water partition coefficient (Wildman–Crippen LogP) is 2.15. The van der Waals surface area contributed by atoms with Crippen molar-refractivity contribution < 1.29 is 0 Å². The molecule has 0 saturated heterocycles. The Morgan fingerprint density at radius 2 is 2.00 bits per heavy atom. The first kappa shape index (κ1) is 5.06. The van der Waals surface area contributed by atoms with E-state index in [0.717, 1.165) is 4.75 Å². The first-order valence-electron chi connectivity index (χ1n) is 3.96. The van der Waals surface area contributed by atoms with Gasteiger partial charge in [-0.05, 0) is 36.9 Å². The Labute approximate surface area is 60.4 Å². The Morgan fingerprint density at radius 3 is 2.33 bits per heavy atom. The van der Waals surface area contributed by atoms with E-state index in [1.165, 1.54) is 24.2 Å². The Morgan fingerprint density at radius 1 is 1.33 bits per heavy atom. The highest BCUT2D eigenvalue weighted by atomic mass is 32.2. The second kappa shape index (κ2) is 1.20. The first-order valence-corrected chi connectivity index (χ1v) is 5.19. The van der Waals surface area contributed by atoms with Crippen LogP contribution in [0.1, 0.15) is 19.3 Å². The van der Waals surface area contributed by atoms with E-state index < -0.39 is 0 Å². The molecule has 0 bridgehead atoms. The minimum absolute atomic E-state index is 0.887. The predicted molar refractivity (Wildman–Crippen MR) is 40.6 cm³/mol. The Bertz CT molecular complexity index is 142. The quantitative estimate of drug-likeness (QED) is 0.538. The highest BCUT2D eigenvalue weighted by molar-refractivity contribution is 8.00.